The summed E-state index contributed by atoms with van der Waals surface area (Å²) >= 11 is 0. The summed E-state index contributed by atoms with van der Waals surface area (Å²) in [5.74, 6) is 1.83. The van der Waals surface area contributed by atoms with Crippen molar-refractivity contribution in [3.8, 4) is 5.75 Å². The van der Waals surface area contributed by atoms with Crippen LogP contribution in [0.3, 0.4) is 0 Å². The molecule has 2 aliphatic carbocycles. The zero-order chi connectivity index (χ0) is 12.6. The van der Waals surface area contributed by atoms with Gasteiger partial charge in [-0.05, 0) is 38.1 Å². The van der Waals surface area contributed by atoms with Crippen LogP contribution in [0.25, 0.3) is 0 Å². The fraction of sp³-hybridized carbons (Fsp3) is 0.529. The van der Waals surface area contributed by atoms with Gasteiger partial charge in [0.05, 0.1) is 0 Å². The summed E-state index contributed by atoms with van der Waals surface area (Å²) in [4.78, 5) is 2.57. The first-order chi connectivity index (χ1) is 9.30. The first-order valence-corrected chi connectivity index (χ1v) is 7.46. The third kappa shape index (κ3) is 1.05. The Morgan fingerprint density at radius 2 is 2.32 bits per heavy atom. The van der Waals surface area contributed by atoms with E-state index in [9.17, 15) is 0 Å². The van der Waals surface area contributed by atoms with E-state index in [1.807, 2.05) is 0 Å². The van der Waals surface area contributed by atoms with Crippen LogP contribution in [0.2, 0.25) is 0 Å². The van der Waals surface area contributed by atoms with E-state index in [1.165, 1.54) is 25.1 Å². The molecule has 0 amide bonds. The van der Waals surface area contributed by atoms with Crippen LogP contribution < -0.4 is 4.74 Å². The fourth-order valence-corrected chi connectivity index (χ4v) is 5.19. The van der Waals surface area contributed by atoms with Crippen molar-refractivity contribution in [3.05, 3.63) is 41.5 Å². The number of ether oxygens (including phenoxy) is 1. The molecule has 0 aromatic heterocycles. The summed E-state index contributed by atoms with van der Waals surface area (Å²) < 4.78 is 6.34. The SMILES string of the molecule is CN1CC[C@]23c4c5cccc4OC2CC=C[C@H]3[C@H]1C5. The van der Waals surface area contributed by atoms with Crippen molar-refractivity contribution in [2.75, 3.05) is 13.6 Å². The van der Waals surface area contributed by atoms with Gasteiger partial charge in [0, 0.05) is 29.4 Å². The number of nitrogens with zero attached hydrogens (tertiary/aromatic N) is 1. The van der Waals surface area contributed by atoms with Crippen molar-refractivity contribution >= 4 is 0 Å². The maximum absolute atomic E-state index is 6.34. The molecule has 1 unspecified atom stereocenters. The number of benzene rings is 1. The average molecular weight is 253 g/mol. The van der Waals surface area contributed by atoms with E-state index in [0.29, 0.717) is 18.1 Å². The topological polar surface area (TPSA) is 12.5 Å². The Hall–Kier alpha value is -1.28. The van der Waals surface area contributed by atoms with E-state index >= 15 is 0 Å². The predicted molar refractivity (Wildman–Crippen MR) is 74.5 cm³/mol. The monoisotopic (exact) mass is 253 g/mol. The molecule has 1 aromatic carbocycles. The number of piperidine rings is 1. The zero-order valence-corrected chi connectivity index (χ0v) is 11.3. The molecule has 2 heteroatoms. The van der Waals surface area contributed by atoms with Crippen LogP contribution in [0.1, 0.15) is 24.0 Å². The molecule has 1 spiro atoms. The maximum Gasteiger partial charge on any atom is 0.123 e. The first kappa shape index (κ1) is 10.5. The summed E-state index contributed by atoms with van der Waals surface area (Å²) in [6.45, 7) is 1.21. The molecule has 0 N–H and O–H groups in total. The minimum Gasteiger partial charge on any atom is -0.489 e. The summed E-state index contributed by atoms with van der Waals surface area (Å²) in [5, 5.41) is 0. The average Bonchev–Trinajstić information content (AvgIpc) is 2.76. The van der Waals surface area contributed by atoms with Crippen LogP contribution in [0.5, 0.6) is 5.75 Å². The van der Waals surface area contributed by atoms with Gasteiger partial charge in [0.1, 0.15) is 11.9 Å². The summed E-state index contributed by atoms with van der Waals surface area (Å²) in [5.41, 5.74) is 3.40. The lowest BCUT2D eigenvalue weighted by Gasteiger charge is -2.55. The van der Waals surface area contributed by atoms with Crippen LogP contribution >= 0.6 is 0 Å². The zero-order valence-electron chi connectivity index (χ0n) is 11.3. The smallest absolute Gasteiger partial charge is 0.123 e. The highest BCUT2D eigenvalue weighted by atomic mass is 16.5. The van der Waals surface area contributed by atoms with Crippen molar-refractivity contribution < 1.29 is 4.74 Å². The van der Waals surface area contributed by atoms with Gasteiger partial charge >= 0.3 is 0 Å². The largest absolute Gasteiger partial charge is 0.489 e. The van der Waals surface area contributed by atoms with Crippen molar-refractivity contribution in [3.63, 3.8) is 0 Å². The quantitative estimate of drug-likeness (QED) is 0.659. The number of likely N-dealkylation sites (tertiary alicyclic amines) is 1. The molecule has 4 aliphatic rings. The molecule has 2 heterocycles. The molecule has 2 nitrogen and oxygen atoms in total. The highest BCUT2D eigenvalue weighted by Gasteiger charge is 2.61. The second-order valence-corrected chi connectivity index (χ2v) is 6.63. The number of hydrogen-bond acceptors (Lipinski definition) is 2. The summed E-state index contributed by atoms with van der Waals surface area (Å²) in [6.07, 6.45) is 8.76. The molecule has 98 valence electrons. The Morgan fingerprint density at radius 1 is 1.37 bits per heavy atom. The lowest BCUT2D eigenvalue weighted by molar-refractivity contribution is 0.00221. The van der Waals surface area contributed by atoms with Gasteiger partial charge in [-0.3, -0.25) is 0 Å². The van der Waals surface area contributed by atoms with E-state index in [2.05, 4.69) is 42.3 Å². The first-order valence-electron chi connectivity index (χ1n) is 7.46. The third-order valence-corrected chi connectivity index (χ3v) is 6.00. The third-order valence-electron chi connectivity index (χ3n) is 6.00. The molecular formula is C17H19NO. The Morgan fingerprint density at radius 3 is 3.26 bits per heavy atom. The van der Waals surface area contributed by atoms with Crippen molar-refractivity contribution in [1.82, 2.24) is 4.90 Å². The van der Waals surface area contributed by atoms with Gasteiger partial charge in [-0.25, -0.2) is 0 Å². The van der Waals surface area contributed by atoms with Crippen LogP contribution in [0.15, 0.2) is 30.4 Å². The van der Waals surface area contributed by atoms with Crippen LogP contribution in [-0.2, 0) is 11.8 Å². The van der Waals surface area contributed by atoms with Crippen LogP contribution in [0, 0.1) is 5.92 Å². The summed E-state index contributed by atoms with van der Waals surface area (Å²) in [6, 6.07) is 7.34. The minimum atomic E-state index is 0.288. The Kier molecular flexibility index (Phi) is 1.79. The van der Waals surface area contributed by atoms with Crippen molar-refractivity contribution in [2.24, 2.45) is 5.92 Å². The van der Waals surface area contributed by atoms with E-state index in [0.717, 1.165) is 6.42 Å². The lowest BCUT2D eigenvalue weighted by atomic mass is 9.54. The molecular weight excluding hydrogens is 234 g/mol. The number of rotatable bonds is 0. The molecule has 2 aliphatic heterocycles. The molecule has 0 radical (unpaired) electrons. The standard InChI is InChI=1S/C17H19NO/c1-18-9-8-17-12-5-3-7-15(17)19-14-6-2-4-11(16(14)17)10-13(12)18/h2-6,12-13,15H,7-10H2,1H3/t12-,13+,15?,17+/m0/s1. The Labute approximate surface area is 114 Å². The van der Waals surface area contributed by atoms with Gasteiger partial charge in [0.25, 0.3) is 0 Å². The van der Waals surface area contributed by atoms with Crippen LogP contribution in [-0.4, -0.2) is 30.6 Å². The highest BCUT2D eigenvalue weighted by Crippen LogP contribution is 2.60. The second kappa shape index (κ2) is 3.24. The highest BCUT2D eigenvalue weighted by molar-refractivity contribution is 5.55. The van der Waals surface area contributed by atoms with Gasteiger partial charge in [0.2, 0.25) is 0 Å². The molecule has 1 fully saturated rings. The van der Waals surface area contributed by atoms with Gasteiger partial charge in [-0.1, -0.05) is 24.3 Å². The number of hydrogen-bond donors (Lipinski definition) is 0. The maximum atomic E-state index is 6.34. The normalized spacial score (nSPS) is 41.8. The predicted octanol–water partition coefficient (Wildman–Crippen LogP) is 2.52. The molecule has 2 bridgehead atoms. The van der Waals surface area contributed by atoms with Gasteiger partial charge in [-0.2, -0.15) is 0 Å². The Balaban J connectivity index is 1.84. The molecule has 0 saturated carbocycles. The van der Waals surface area contributed by atoms with E-state index in [4.69, 9.17) is 4.74 Å². The summed E-state index contributed by atoms with van der Waals surface area (Å²) in [7, 11) is 2.29. The van der Waals surface area contributed by atoms with Crippen molar-refractivity contribution in [2.45, 2.75) is 36.8 Å². The second-order valence-electron chi connectivity index (χ2n) is 6.63. The minimum absolute atomic E-state index is 0.288. The lowest BCUT2D eigenvalue weighted by Crippen LogP contribution is -2.62. The van der Waals surface area contributed by atoms with Crippen LogP contribution in [0.4, 0.5) is 0 Å². The molecule has 5 rings (SSSR count). The van der Waals surface area contributed by atoms with Gasteiger partial charge < -0.3 is 9.64 Å². The van der Waals surface area contributed by atoms with E-state index in [1.54, 1.807) is 11.1 Å². The molecule has 1 saturated heterocycles. The van der Waals surface area contributed by atoms with E-state index < -0.39 is 0 Å². The van der Waals surface area contributed by atoms with E-state index in [-0.39, 0.29) is 5.41 Å². The molecule has 19 heavy (non-hydrogen) atoms. The molecule has 1 aromatic rings. The fourth-order valence-electron chi connectivity index (χ4n) is 5.19. The van der Waals surface area contributed by atoms with Gasteiger partial charge in [-0.15, -0.1) is 0 Å². The number of likely N-dealkylation sites (N-methyl/N-ethyl adjacent to an activating group) is 1. The Bertz CT molecular complexity index is 593. The molecule has 4 atom stereocenters. The van der Waals surface area contributed by atoms with Crippen molar-refractivity contribution in [1.29, 1.82) is 0 Å². The van der Waals surface area contributed by atoms with Gasteiger partial charge in [0.15, 0.2) is 0 Å².